The normalized spacial score (nSPS) is 19.2. The molecule has 1 fully saturated rings. The topological polar surface area (TPSA) is 65.2 Å². The number of hydrogen-bond donors (Lipinski definition) is 2. The molecular formula is C12H21N3O2S. The molecular weight excluding hydrogens is 250 g/mol. The van der Waals surface area contributed by atoms with Gasteiger partial charge in [0.1, 0.15) is 0 Å². The van der Waals surface area contributed by atoms with Crippen LogP contribution in [0.15, 0.2) is 23.4 Å². The van der Waals surface area contributed by atoms with E-state index in [9.17, 15) is 8.42 Å². The molecule has 0 aromatic carbocycles. The zero-order chi connectivity index (χ0) is 13.0. The Morgan fingerprint density at radius 3 is 2.72 bits per heavy atom. The molecule has 2 heterocycles. The average molecular weight is 271 g/mol. The molecule has 1 aliphatic heterocycles. The Morgan fingerprint density at radius 1 is 1.44 bits per heavy atom. The summed E-state index contributed by atoms with van der Waals surface area (Å²) >= 11 is 0. The first-order chi connectivity index (χ1) is 8.64. The molecule has 0 unspecified atom stereocenters. The third-order valence-electron chi connectivity index (χ3n) is 3.46. The number of nitrogens with zero attached hydrogens (tertiary/aromatic N) is 1. The van der Waals surface area contributed by atoms with E-state index in [0.29, 0.717) is 23.9 Å². The van der Waals surface area contributed by atoms with Gasteiger partial charge in [-0.1, -0.05) is 6.92 Å². The van der Waals surface area contributed by atoms with Gasteiger partial charge < -0.3 is 10.3 Å². The smallest absolute Gasteiger partial charge is 0.244 e. The monoisotopic (exact) mass is 271 g/mol. The third kappa shape index (κ3) is 2.93. The van der Waals surface area contributed by atoms with Crippen LogP contribution in [0.3, 0.4) is 0 Å². The van der Waals surface area contributed by atoms with E-state index in [0.717, 1.165) is 25.9 Å². The van der Waals surface area contributed by atoms with Gasteiger partial charge >= 0.3 is 0 Å². The lowest BCUT2D eigenvalue weighted by Gasteiger charge is -2.31. The lowest BCUT2D eigenvalue weighted by molar-refractivity contribution is 0.268. The zero-order valence-electron chi connectivity index (χ0n) is 10.7. The van der Waals surface area contributed by atoms with E-state index in [-0.39, 0.29) is 0 Å². The van der Waals surface area contributed by atoms with E-state index in [1.165, 1.54) is 0 Å². The minimum atomic E-state index is -3.28. The molecule has 0 spiro atoms. The minimum Gasteiger partial charge on any atom is -0.366 e. The molecule has 0 radical (unpaired) electrons. The van der Waals surface area contributed by atoms with Crippen molar-refractivity contribution in [1.29, 1.82) is 0 Å². The van der Waals surface area contributed by atoms with Crippen LogP contribution in [0.1, 0.15) is 19.8 Å². The molecule has 102 valence electrons. The third-order valence-corrected chi connectivity index (χ3v) is 5.36. The van der Waals surface area contributed by atoms with Crippen LogP contribution in [0.25, 0.3) is 0 Å². The fraction of sp³-hybridized carbons (Fsp3) is 0.667. The summed E-state index contributed by atoms with van der Waals surface area (Å²) in [6.07, 6.45) is 5.07. The predicted molar refractivity (Wildman–Crippen MR) is 70.8 cm³/mol. The van der Waals surface area contributed by atoms with Gasteiger partial charge in [-0.2, -0.15) is 4.31 Å². The van der Waals surface area contributed by atoms with E-state index >= 15 is 0 Å². The summed E-state index contributed by atoms with van der Waals surface area (Å²) in [7, 11) is -3.28. The number of piperidine rings is 1. The van der Waals surface area contributed by atoms with Gasteiger partial charge in [-0.05, 0) is 37.9 Å². The molecule has 2 N–H and O–H groups in total. The Morgan fingerprint density at radius 2 is 2.17 bits per heavy atom. The summed E-state index contributed by atoms with van der Waals surface area (Å²) in [6, 6.07) is 1.61. The van der Waals surface area contributed by atoms with Gasteiger partial charge in [-0.15, -0.1) is 0 Å². The molecule has 1 saturated heterocycles. The molecule has 0 bridgehead atoms. The van der Waals surface area contributed by atoms with Crippen molar-refractivity contribution in [2.75, 3.05) is 26.2 Å². The summed E-state index contributed by atoms with van der Waals surface area (Å²) in [5.41, 5.74) is 0. The highest BCUT2D eigenvalue weighted by Gasteiger charge is 2.29. The second-order valence-corrected chi connectivity index (χ2v) is 6.64. The highest BCUT2D eigenvalue weighted by atomic mass is 32.2. The largest absolute Gasteiger partial charge is 0.366 e. The lowest BCUT2D eigenvalue weighted by atomic mass is 9.98. The van der Waals surface area contributed by atoms with Crippen LogP contribution in [0.4, 0.5) is 0 Å². The van der Waals surface area contributed by atoms with E-state index in [1.807, 2.05) is 0 Å². The number of hydrogen-bond acceptors (Lipinski definition) is 3. The number of H-pyrrole nitrogens is 1. The summed E-state index contributed by atoms with van der Waals surface area (Å²) in [5, 5.41) is 3.33. The maximum Gasteiger partial charge on any atom is 0.244 e. The van der Waals surface area contributed by atoms with Crippen molar-refractivity contribution >= 4 is 10.0 Å². The molecule has 5 nitrogen and oxygen atoms in total. The van der Waals surface area contributed by atoms with E-state index in [2.05, 4.69) is 17.2 Å². The number of aromatic nitrogens is 1. The van der Waals surface area contributed by atoms with Crippen LogP contribution in [0.2, 0.25) is 0 Å². The standard InChI is InChI=1S/C12H21N3O2S/c1-2-13-9-11-4-7-15(8-5-11)18(16,17)12-3-6-14-10-12/h3,6,10-11,13-14H,2,4-5,7-9H2,1H3. The summed E-state index contributed by atoms with van der Waals surface area (Å²) < 4.78 is 26.1. The van der Waals surface area contributed by atoms with Crippen LogP contribution < -0.4 is 5.32 Å². The molecule has 0 amide bonds. The van der Waals surface area contributed by atoms with Crippen LogP contribution in [0.5, 0.6) is 0 Å². The van der Waals surface area contributed by atoms with Gasteiger partial charge in [-0.25, -0.2) is 8.42 Å². The Hall–Kier alpha value is -0.850. The van der Waals surface area contributed by atoms with Crippen molar-refractivity contribution in [3.63, 3.8) is 0 Å². The summed E-state index contributed by atoms with van der Waals surface area (Å²) in [5.74, 6) is 0.600. The molecule has 1 aromatic heterocycles. The lowest BCUT2D eigenvalue weighted by Crippen LogP contribution is -2.40. The Kier molecular flexibility index (Phi) is 4.42. The first kappa shape index (κ1) is 13.6. The van der Waals surface area contributed by atoms with Gasteiger partial charge in [0.15, 0.2) is 0 Å². The molecule has 1 aromatic rings. The predicted octanol–water partition coefficient (Wildman–Crippen LogP) is 1.02. The summed E-state index contributed by atoms with van der Waals surface area (Å²) in [6.45, 7) is 5.31. The van der Waals surface area contributed by atoms with Crippen LogP contribution in [-0.2, 0) is 10.0 Å². The van der Waals surface area contributed by atoms with Crippen LogP contribution in [0, 0.1) is 5.92 Å². The maximum atomic E-state index is 12.3. The minimum absolute atomic E-state index is 0.368. The van der Waals surface area contributed by atoms with Crippen molar-refractivity contribution in [2.45, 2.75) is 24.7 Å². The molecule has 0 aliphatic carbocycles. The number of aromatic amines is 1. The molecule has 6 heteroatoms. The average Bonchev–Trinajstić information content (AvgIpc) is 2.91. The van der Waals surface area contributed by atoms with Crippen molar-refractivity contribution < 1.29 is 8.42 Å². The van der Waals surface area contributed by atoms with E-state index in [1.54, 1.807) is 22.8 Å². The van der Waals surface area contributed by atoms with Crippen molar-refractivity contribution in [1.82, 2.24) is 14.6 Å². The Bertz CT molecular complexity index is 448. The SMILES string of the molecule is CCNCC1CCN(S(=O)(=O)c2cc[nH]c2)CC1. The molecule has 0 atom stereocenters. The highest BCUT2D eigenvalue weighted by Crippen LogP contribution is 2.23. The zero-order valence-corrected chi connectivity index (χ0v) is 11.5. The van der Waals surface area contributed by atoms with Gasteiger partial charge in [-0.3, -0.25) is 0 Å². The number of nitrogens with one attached hydrogen (secondary N) is 2. The molecule has 0 saturated carbocycles. The highest BCUT2D eigenvalue weighted by molar-refractivity contribution is 7.89. The van der Waals surface area contributed by atoms with E-state index in [4.69, 9.17) is 0 Å². The van der Waals surface area contributed by atoms with E-state index < -0.39 is 10.0 Å². The molecule has 2 rings (SSSR count). The summed E-state index contributed by atoms with van der Waals surface area (Å²) in [4.78, 5) is 3.16. The molecule has 18 heavy (non-hydrogen) atoms. The first-order valence-electron chi connectivity index (χ1n) is 6.48. The van der Waals surface area contributed by atoms with Crippen molar-refractivity contribution in [3.05, 3.63) is 18.5 Å². The Labute approximate surface area is 109 Å². The number of sulfonamides is 1. The second-order valence-electron chi connectivity index (χ2n) is 4.70. The van der Waals surface area contributed by atoms with Gasteiger partial charge in [0.05, 0.1) is 4.90 Å². The number of rotatable bonds is 5. The second kappa shape index (κ2) is 5.86. The fourth-order valence-corrected chi connectivity index (χ4v) is 3.77. The maximum absolute atomic E-state index is 12.3. The van der Waals surface area contributed by atoms with Gasteiger partial charge in [0.2, 0.25) is 10.0 Å². The van der Waals surface area contributed by atoms with Gasteiger partial charge in [0.25, 0.3) is 0 Å². The van der Waals surface area contributed by atoms with Gasteiger partial charge in [0, 0.05) is 25.5 Å². The fourth-order valence-electron chi connectivity index (χ4n) is 2.32. The van der Waals surface area contributed by atoms with Crippen LogP contribution >= 0.6 is 0 Å². The van der Waals surface area contributed by atoms with Crippen molar-refractivity contribution in [3.8, 4) is 0 Å². The van der Waals surface area contributed by atoms with Crippen LogP contribution in [-0.4, -0.2) is 43.9 Å². The van der Waals surface area contributed by atoms with Crippen molar-refractivity contribution in [2.24, 2.45) is 5.92 Å². The quantitative estimate of drug-likeness (QED) is 0.840. The molecule has 1 aliphatic rings. The first-order valence-corrected chi connectivity index (χ1v) is 7.92. The Balaban J connectivity index is 1.94.